The van der Waals surface area contributed by atoms with Crippen molar-refractivity contribution in [2.45, 2.75) is 26.4 Å². The number of anilines is 2. The minimum atomic E-state index is -0.623. The smallest absolute Gasteiger partial charge is 0.411 e. The summed E-state index contributed by atoms with van der Waals surface area (Å²) < 4.78 is 15.5. The fourth-order valence-corrected chi connectivity index (χ4v) is 3.66. The molecule has 0 aliphatic carbocycles. The molecule has 3 aromatic rings. The number of carbonyl (C=O) groups is 3. The number of carbonyl (C=O) groups excluding carboxylic acids is 3. The molecular weight excluding hydrogens is 428 g/mol. The summed E-state index contributed by atoms with van der Waals surface area (Å²) in [4.78, 5) is 49.9. The average Bonchev–Trinajstić information content (AvgIpc) is 3.23. The van der Waals surface area contributed by atoms with E-state index in [1.165, 1.54) is 12.1 Å². The maximum Gasteiger partial charge on any atom is 0.411 e. The zero-order chi connectivity index (χ0) is 23.4. The molecule has 9 nitrogen and oxygen atoms in total. The molecule has 9 heteroatoms. The van der Waals surface area contributed by atoms with Crippen molar-refractivity contribution in [3.63, 3.8) is 0 Å². The second kappa shape index (κ2) is 9.56. The topological polar surface area (TPSA) is 115 Å². The van der Waals surface area contributed by atoms with Gasteiger partial charge in [0.25, 0.3) is 0 Å². The molecule has 1 N–H and O–H groups in total. The summed E-state index contributed by atoms with van der Waals surface area (Å²) in [6.07, 6.45) is 0.658. The molecule has 170 valence electrons. The number of amides is 2. The van der Waals surface area contributed by atoms with E-state index in [-0.39, 0.29) is 24.7 Å². The van der Waals surface area contributed by atoms with Gasteiger partial charge in [-0.1, -0.05) is 6.07 Å². The fourth-order valence-electron chi connectivity index (χ4n) is 3.66. The van der Waals surface area contributed by atoms with Crippen molar-refractivity contribution < 1.29 is 28.3 Å². The van der Waals surface area contributed by atoms with E-state index in [2.05, 4.69) is 5.32 Å². The molecule has 1 aromatic heterocycles. The van der Waals surface area contributed by atoms with Gasteiger partial charge in [0, 0.05) is 47.4 Å². The molecule has 1 aliphatic heterocycles. The van der Waals surface area contributed by atoms with Crippen LogP contribution >= 0.6 is 0 Å². The largest absolute Gasteiger partial charge is 0.457 e. The summed E-state index contributed by atoms with van der Waals surface area (Å²) in [5.41, 5.74) is 1.43. The molecule has 2 aromatic carbocycles. The highest BCUT2D eigenvalue weighted by molar-refractivity contribution is 5.97. The highest BCUT2D eigenvalue weighted by atomic mass is 16.5. The Hall–Kier alpha value is -4.14. The molecule has 0 bridgehead atoms. The molecule has 0 atom stereocenters. The zero-order valence-electron chi connectivity index (χ0n) is 18.0. The van der Waals surface area contributed by atoms with E-state index in [1.807, 2.05) is 0 Å². The number of esters is 1. The summed E-state index contributed by atoms with van der Waals surface area (Å²) >= 11 is 0. The van der Waals surface area contributed by atoms with Crippen LogP contribution in [0.15, 0.2) is 57.7 Å². The number of hydrogen-bond acceptors (Lipinski definition) is 7. The van der Waals surface area contributed by atoms with Crippen molar-refractivity contribution in [2.75, 3.05) is 23.4 Å². The van der Waals surface area contributed by atoms with Crippen LogP contribution in [0.5, 0.6) is 0 Å². The molecule has 0 radical (unpaired) electrons. The predicted molar refractivity (Wildman–Crippen MR) is 120 cm³/mol. The third kappa shape index (κ3) is 5.03. The van der Waals surface area contributed by atoms with Crippen molar-refractivity contribution >= 4 is 40.3 Å². The summed E-state index contributed by atoms with van der Waals surface area (Å²) in [5.74, 6) is -0.551. The molecule has 4 rings (SSSR count). The van der Waals surface area contributed by atoms with Gasteiger partial charge >= 0.3 is 17.7 Å². The molecule has 0 spiro atoms. The molecule has 2 heterocycles. The van der Waals surface area contributed by atoms with Crippen LogP contribution in [0.2, 0.25) is 0 Å². The lowest BCUT2D eigenvalue weighted by Gasteiger charge is -2.16. The average molecular weight is 450 g/mol. The van der Waals surface area contributed by atoms with Crippen LogP contribution in [0.3, 0.4) is 0 Å². The highest BCUT2D eigenvalue weighted by Crippen LogP contribution is 2.24. The number of benzene rings is 2. The summed E-state index contributed by atoms with van der Waals surface area (Å²) in [6.45, 7) is 2.38. The maximum atomic E-state index is 12.6. The molecule has 1 saturated heterocycles. The van der Waals surface area contributed by atoms with Crippen LogP contribution in [0.1, 0.15) is 35.7 Å². The molecule has 0 saturated carbocycles. The van der Waals surface area contributed by atoms with E-state index >= 15 is 0 Å². The SMILES string of the molecule is CCOC(=O)Nc1ccc2c(COC(=O)c3cccc(N4CCCC4=O)c3)cc(=O)oc2c1. The van der Waals surface area contributed by atoms with Crippen LogP contribution < -0.4 is 15.8 Å². The Kier molecular flexibility index (Phi) is 6.39. The monoisotopic (exact) mass is 450 g/mol. The number of hydrogen-bond donors (Lipinski definition) is 1. The van der Waals surface area contributed by atoms with Crippen molar-refractivity contribution in [3.8, 4) is 0 Å². The first-order valence-corrected chi connectivity index (χ1v) is 10.5. The van der Waals surface area contributed by atoms with Crippen molar-refractivity contribution in [1.82, 2.24) is 0 Å². The highest BCUT2D eigenvalue weighted by Gasteiger charge is 2.22. The first-order valence-electron chi connectivity index (χ1n) is 10.5. The van der Waals surface area contributed by atoms with Crippen molar-refractivity contribution in [1.29, 1.82) is 0 Å². The van der Waals surface area contributed by atoms with E-state index in [0.29, 0.717) is 40.9 Å². The minimum Gasteiger partial charge on any atom is -0.457 e. The maximum absolute atomic E-state index is 12.6. The Morgan fingerprint density at radius 3 is 2.70 bits per heavy atom. The third-order valence-corrected chi connectivity index (χ3v) is 5.18. The number of fused-ring (bicyclic) bond motifs is 1. The molecule has 33 heavy (non-hydrogen) atoms. The Balaban J connectivity index is 1.51. The van der Waals surface area contributed by atoms with Gasteiger partial charge in [-0.15, -0.1) is 0 Å². The van der Waals surface area contributed by atoms with Crippen LogP contribution in [0.4, 0.5) is 16.2 Å². The van der Waals surface area contributed by atoms with Crippen LogP contribution in [-0.4, -0.2) is 31.1 Å². The second-order valence-electron chi connectivity index (χ2n) is 7.42. The van der Waals surface area contributed by atoms with Gasteiger partial charge in [0.1, 0.15) is 12.2 Å². The number of ether oxygens (including phenoxy) is 2. The van der Waals surface area contributed by atoms with Gasteiger partial charge in [-0.2, -0.15) is 0 Å². The molecular formula is C24H22N2O7. The molecule has 2 amide bonds. The normalized spacial score (nSPS) is 13.2. The van der Waals surface area contributed by atoms with E-state index in [4.69, 9.17) is 13.9 Å². The first kappa shape index (κ1) is 22.1. The fraction of sp³-hybridized carbons (Fsp3) is 0.250. The van der Waals surface area contributed by atoms with E-state index in [1.54, 1.807) is 48.2 Å². The van der Waals surface area contributed by atoms with Crippen LogP contribution in [0.25, 0.3) is 11.0 Å². The summed E-state index contributed by atoms with van der Waals surface area (Å²) in [7, 11) is 0. The first-order chi connectivity index (χ1) is 15.9. The Labute approximate surface area is 188 Å². The van der Waals surface area contributed by atoms with Gasteiger partial charge in [-0.05, 0) is 43.7 Å². The van der Waals surface area contributed by atoms with E-state index in [9.17, 15) is 19.2 Å². The number of nitrogens with one attached hydrogen (secondary N) is 1. The Morgan fingerprint density at radius 2 is 1.94 bits per heavy atom. The van der Waals surface area contributed by atoms with Gasteiger partial charge in [-0.3, -0.25) is 10.1 Å². The van der Waals surface area contributed by atoms with Crippen LogP contribution in [0, 0.1) is 0 Å². The molecule has 1 aliphatic rings. The predicted octanol–water partition coefficient (Wildman–Crippen LogP) is 3.85. The van der Waals surface area contributed by atoms with Gasteiger partial charge in [0.15, 0.2) is 0 Å². The summed E-state index contributed by atoms with van der Waals surface area (Å²) in [6, 6.07) is 12.7. The number of nitrogens with zero attached hydrogens (tertiary/aromatic N) is 1. The third-order valence-electron chi connectivity index (χ3n) is 5.18. The van der Waals surface area contributed by atoms with E-state index < -0.39 is 17.7 Å². The minimum absolute atomic E-state index is 0.0276. The summed E-state index contributed by atoms with van der Waals surface area (Å²) in [5, 5.41) is 3.10. The molecule has 0 unspecified atom stereocenters. The Morgan fingerprint density at radius 1 is 1.09 bits per heavy atom. The van der Waals surface area contributed by atoms with Gasteiger partial charge < -0.3 is 18.8 Å². The second-order valence-corrected chi connectivity index (χ2v) is 7.42. The quantitative estimate of drug-likeness (QED) is 0.448. The molecule has 1 fully saturated rings. The van der Waals surface area contributed by atoms with Gasteiger partial charge in [0.05, 0.1) is 12.2 Å². The van der Waals surface area contributed by atoms with Crippen molar-refractivity contribution in [3.05, 3.63) is 70.1 Å². The number of rotatable bonds is 6. The van der Waals surface area contributed by atoms with Gasteiger partial charge in [-0.25, -0.2) is 14.4 Å². The van der Waals surface area contributed by atoms with Crippen LogP contribution in [-0.2, 0) is 20.9 Å². The van der Waals surface area contributed by atoms with E-state index in [0.717, 1.165) is 6.42 Å². The van der Waals surface area contributed by atoms with Gasteiger partial charge in [0.2, 0.25) is 5.91 Å². The lowest BCUT2D eigenvalue weighted by atomic mass is 10.1. The lowest BCUT2D eigenvalue weighted by Crippen LogP contribution is -2.23. The lowest BCUT2D eigenvalue weighted by molar-refractivity contribution is -0.117. The standard InChI is InChI=1S/C24H22N2O7/c1-2-31-24(30)25-17-8-9-19-16(12-22(28)33-20(19)13-17)14-32-23(29)15-5-3-6-18(11-15)26-10-4-7-21(26)27/h3,5-6,8-9,11-13H,2,4,7,10,14H2,1H3,(H,25,30). The Bertz CT molecular complexity index is 1280. The van der Waals surface area contributed by atoms with Crippen molar-refractivity contribution in [2.24, 2.45) is 0 Å². The zero-order valence-corrected chi connectivity index (χ0v) is 18.0.